The fraction of sp³-hybridized carbons (Fsp3) is 0.154. The van der Waals surface area contributed by atoms with E-state index in [1.54, 1.807) is 25.5 Å². The molecule has 0 aliphatic carbocycles. The third-order valence-electron chi connectivity index (χ3n) is 2.51. The van der Waals surface area contributed by atoms with E-state index in [1.165, 1.54) is 6.33 Å². The van der Waals surface area contributed by atoms with Gasteiger partial charge in [-0.1, -0.05) is 6.07 Å². The van der Waals surface area contributed by atoms with Crippen LogP contribution in [-0.2, 0) is 0 Å². The van der Waals surface area contributed by atoms with Gasteiger partial charge in [0.15, 0.2) is 0 Å². The number of carbonyl (C=O) groups is 1. The van der Waals surface area contributed by atoms with Crippen LogP contribution in [0.5, 0.6) is 0 Å². The Morgan fingerprint density at radius 1 is 1.22 bits per heavy atom. The van der Waals surface area contributed by atoms with E-state index in [1.807, 2.05) is 19.1 Å². The molecule has 1 amide bonds. The van der Waals surface area contributed by atoms with E-state index in [9.17, 15) is 4.79 Å². The van der Waals surface area contributed by atoms with Crippen molar-refractivity contribution in [1.82, 2.24) is 9.97 Å². The monoisotopic (exact) mass is 242 g/mol. The molecule has 0 aliphatic rings. The molecule has 92 valence electrons. The quantitative estimate of drug-likeness (QED) is 0.864. The summed E-state index contributed by atoms with van der Waals surface area (Å²) in [4.78, 5) is 19.8. The molecule has 1 aromatic heterocycles. The Morgan fingerprint density at radius 3 is 2.61 bits per heavy atom. The summed E-state index contributed by atoms with van der Waals surface area (Å²) < 4.78 is 0. The molecule has 18 heavy (non-hydrogen) atoms. The molecule has 2 aromatic rings. The highest BCUT2D eigenvalue weighted by molar-refractivity contribution is 6.07. The van der Waals surface area contributed by atoms with E-state index in [0.29, 0.717) is 11.3 Å². The second kappa shape index (κ2) is 5.27. The summed E-state index contributed by atoms with van der Waals surface area (Å²) in [5.41, 5.74) is 3.06. The predicted molar refractivity (Wildman–Crippen MR) is 70.7 cm³/mol. The van der Waals surface area contributed by atoms with Crippen LogP contribution in [0, 0.1) is 6.92 Å². The Morgan fingerprint density at radius 2 is 1.94 bits per heavy atom. The summed E-state index contributed by atoms with van der Waals surface area (Å²) in [5.74, 6) is -0.186. The number of hydrogen-bond acceptors (Lipinski definition) is 4. The molecule has 0 saturated heterocycles. The Balaban J connectivity index is 2.24. The van der Waals surface area contributed by atoms with Gasteiger partial charge in [-0.2, -0.15) is 0 Å². The van der Waals surface area contributed by atoms with Crippen LogP contribution >= 0.6 is 0 Å². The first-order valence-electron chi connectivity index (χ1n) is 5.55. The highest BCUT2D eigenvalue weighted by Crippen LogP contribution is 2.18. The zero-order valence-electron chi connectivity index (χ0n) is 10.3. The van der Waals surface area contributed by atoms with E-state index in [4.69, 9.17) is 0 Å². The van der Waals surface area contributed by atoms with Crippen LogP contribution in [0.3, 0.4) is 0 Å². The van der Waals surface area contributed by atoms with Gasteiger partial charge in [-0.15, -0.1) is 0 Å². The first kappa shape index (κ1) is 12.0. The van der Waals surface area contributed by atoms with Gasteiger partial charge < -0.3 is 10.6 Å². The average Bonchev–Trinajstić information content (AvgIpc) is 2.39. The van der Waals surface area contributed by atoms with Crippen LogP contribution in [0.2, 0.25) is 0 Å². The van der Waals surface area contributed by atoms with Crippen molar-refractivity contribution in [2.75, 3.05) is 17.7 Å². The molecule has 0 unspecified atom stereocenters. The Hall–Kier alpha value is -2.43. The first-order valence-corrected chi connectivity index (χ1v) is 5.55. The lowest BCUT2D eigenvalue weighted by Gasteiger charge is -2.10. The van der Waals surface area contributed by atoms with E-state index < -0.39 is 0 Å². The third-order valence-corrected chi connectivity index (χ3v) is 2.51. The second-order valence-electron chi connectivity index (χ2n) is 3.88. The maximum Gasteiger partial charge on any atom is 0.257 e. The summed E-state index contributed by atoms with van der Waals surface area (Å²) in [7, 11) is 1.79. The lowest BCUT2D eigenvalue weighted by Crippen LogP contribution is -2.14. The average molecular weight is 242 g/mol. The number of nitrogens with zero attached hydrogens (tertiary/aromatic N) is 2. The molecule has 5 nitrogen and oxygen atoms in total. The number of nitrogens with one attached hydrogen (secondary N) is 2. The maximum absolute atomic E-state index is 12.1. The van der Waals surface area contributed by atoms with Gasteiger partial charge in [-0.3, -0.25) is 4.79 Å². The molecule has 0 spiro atoms. The summed E-state index contributed by atoms with van der Waals surface area (Å²) in [6, 6.07) is 5.62. The highest BCUT2D eigenvalue weighted by atomic mass is 16.1. The minimum atomic E-state index is -0.186. The van der Waals surface area contributed by atoms with Crippen LogP contribution in [-0.4, -0.2) is 22.9 Å². The van der Waals surface area contributed by atoms with E-state index in [0.717, 1.165) is 11.3 Å². The van der Waals surface area contributed by atoms with Crippen LogP contribution in [0.15, 0.2) is 36.9 Å². The van der Waals surface area contributed by atoms with Crippen molar-refractivity contribution in [2.45, 2.75) is 6.92 Å². The van der Waals surface area contributed by atoms with Crippen molar-refractivity contribution in [1.29, 1.82) is 0 Å². The minimum Gasteiger partial charge on any atom is -0.387 e. The first-order chi connectivity index (χ1) is 8.70. The molecule has 1 heterocycles. The SMILES string of the molecule is CNc1cc(C)ccc1C(=O)Nc1cncnc1. The maximum atomic E-state index is 12.1. The van der Waals surface area contributed by atoms with Crippen LogP contribution < -0.4 is 10.6 Å². The summed E-state index contributed by atoms with van der Waals surface area (Å²) >= 11 is 0. The van der Waals surface area contributed by atoms with Gasteiger partial charge in [0.2, 0.25) is 0 Å². The van der Waals surface area contributed by atoms with Crippen molar-refractivity contribution in [3.05, 3.63) is 48.0 Å². The smallest absolute Gasteiger partial charge is 0.257 e. The normalized spacial score (nSPS) is 9.89. The van der Waals surface area contributed by atoms with Gasteiger partial charge in [-0.25, -0.2) is 9.97 Å². The lowest BCUT2D eigenvalue weighted by atomic mass is 10.1. The molecule has 2 N–H and O–H groups in total. The standard InChI is InChI=1S/C13H14N4O/c1-9-3-4-11(12(5-9)14-2)13(18)17-10-6-15-8-16-7-10/h3-8,14H,1-2H3,(H,17,18). The molecule has 0 aliphatic heterocycles. The zero-order valence-corrected chi connectivity index (χ0v) is 10.3. The minimum absolute atomic E-state index is 0.186. The van der Waals surface area contributed by atoms with Crippen molar-refractivity contribution in [3.8, 4) is 0 Å². The van der Waals surface area contributed by atoms with Gasteiger partial charge in [0.05, 0.1) is 23.6 Å². The molecular weight excluding hydrogens is 228 g/mol. The molecule has 5 heteroatoms. The number of carbonyl (C=O) groups excluding carboxylic acids is 1. The van der Waals surface area contributed by atoms with E-state index >= 15 is 0 Å². The molecule has 0 fully saturated rings. The van der Waals surface area contributed by atoms with Crippen molar-refractivity contribution < 1.29 is 4.79 Å². The highest BCUT2D eigenvalue weighted by Gasteiger charge is 2.11. The molecule has 2 rings (SSSR count). The number of benzene rings is 1. The summed E-state index contributed by atoms with van der Waals surface area (Å²) in [5, 5.41) is 5.76. The topological polar surface area (TPSA) is 66.9 Å². The number of hydrogen-bond donors (Lipinski definition) is 2. The van der Waals surface area contributed by atoms with Crippen LogP contribution in [0.1, 0.15) is 15.9 Å². The van der Waals surface area contributed by atoms with E-state index in [2.05, 4.69) is 20.6 Å². The largest absolute Gasteiger partial charge is 0.387 e. The second-order valence-corrected chi connectivity index (χ2v) is 3.88. The van der Waals surface area contributed by atoms with Gasteiger partial charge in [0, 0.05) is 12.7 Å². The predicted octanol–water partition coefficient (Wildman–Crippen LogP) is 2.08. The Bertz CT molecular complexity index is 554. The van der Waals surface area contributed by atoms with Crippen molar-refractivity contribution in [3.63, 3.8) is 0 Å². The van der Waals surface area contributed by atoms with Gasteiger partial charge >= 0.3 is 0 Å². The number of aryl methyl sites for hydroxylation is 1. The fourth-order valence-electron chi connectivity index (χ4n) is 1.63. The lowest BCUT2D eigenvalue weighted by molar-refractivity contribution is 0.102. The molecule has 0 bridgehead atoms. The summed E-state index contributed by atoms with van der Waals surface area (Å²) in [6.07, 6.45) is 4.52. The van der Waals surface area contributed by atoms with Crippen molar-refractivity contribution in [2.24, 2.45) is 0 Å². The molecule has 0 radical (unpaired) electrons. The number of anilines is 2. The number of amides is 1. The van der Waals surface area contributed by atoms with Gasteiger partial charge in [0.25, 0.3) is 5.91 Å². The zero-order chi connectivity index (χ0) is 13.0. The van der Waals surface area contributed by atoms with Gasteiger partial charge in [-0.05, 0) is 24.6 Å². The number of rotatable bonds is 3. The van der Waals surface area contributed by atoms with Crippen LogP contribution in [0.4, 0.5) is 11.4 Å². The van der Waals surface area contributed by atoms with Crippen LogP contribution in [0.25, 0.3) is 0 Å². The molecule has 1 aromatic carbocycles. The Labute approximate surface area is 105 Å². The number of aromatic nitrogens is 2. The molecular formula is C13H14N4O. The summed E-state index contributed by atoms with van der Waals surface area (Å²) in [6.45, 7) is 1.98. The Kier molecular flexibility index (Phi) is 3.52. The third kappa shape index (κ3) is 2.63. The van der Waals surface area contributed by atoms with Gasteiger partial charge in [0.1, 0.15) is 6.33 Å². The molecule has 0 saturated carbocycles. The van der Waals surface area contributed by atoms with Crippen molar-refractivity contribution >= 4 is 17.3 Å². The molecule has 0 atom stereocenters. The fourth-order valence-corrected chi connectivity index (χ4v) is 1.63. The van der Waals surface area contributed by atoms with E-state index in [-0.39, 0.29) is 5.91 Å².